The molecule has 7 heteroatoms. The van der Waals surface area contributed by atoms with E-state index in [-0.39, 0.29) is 33.8 Å². The van der Waals surface area contributed by atoms with Crippen LogP contribution >= 0.6 is 0 Å². The van der Waals surface area contributed by atoms with Crippen LogP contribution in [0.4, 0.5) is 0 Å². The van der Waals surface area contributed by atoms with Gasteiger partial charge in [-0.2, -0.15) is 0 Å². The van der Waals surface area contributed by atoms with E-state index in [4.69, 9.17) is 0 Å². The first-order chi connectivity index (χ1) is 21.5. The van der Waals surface area contributed by atoms with Crippen LogP contribution in [0.2, 0.25) is 0 Å². The first-order valence-corrected chi connectivity index (χ1v) is 13.2. The third kappa shape index (κ3) is 9.37. The summed E-state index contributed by atoms with van der Waals surface area (Å²) in [6, 6.07) is 9.45. The maximum absolute atomic E-state index is 10.8. The zero-order valence-corrected chi connectivity index (χ0v) is 26.4. The molecule has 0 aromatic heterocycles. The van der Waals surface area contributed by atoms with Gasteiger partial charge >= 0.3 is 17.1 Å². The molecule has 0 saturated heterocycles. The molecule has 3 rings (SSSR count). The molecule has 3 aromatic rings. The van der Waals surface area contributed by atoms with Crippen molar-refractivity contribution in [3.8, 4) is 0 Å². The summed E-state index contributed by atoms with van der Waals surface area (Å²) in [5.41, 5.74) is 6.50. The second kappa shape index (κ2) is 19.5. The van der Waals surface area contributed by atoms with E-state index >= 15 is 0 Å². The van der Waals surface area contributed by atoms with Gasteiger partial charge in [-0.15, -0.1) is 0 Å². The van der Waals surface area contributed by atoms with E-state index in [1.54, 1.807) is 54.7 Å². The van der Waals surface area contributed by atoms with E-state index in [1.165, 1.54) is 36.4 Å². The smallest absolute Gasteiger partial charge is 0.545 e. The van der Waals surface area contributed by atoms with Gasteiger partial charge in [-0.3, -0.25) is 0 Å². The third-order valence-corrected chi connectivity index (χ3v) is 6.51. The number of aromatic carboxylic acids is 3. The molecule has 0 aliphatic rings. The van der Waals surface area contributed by atoms with Crippen LogP contribution in [0, 0.1) is 0 Å². The van der Waals surface area contributed by atoms with Crippen LogP contribution in [0.1, 0.15) is 81.1 Å². The molecule has 0 unspecified atom stereocenters. The number of hydrogen-bond donors (Lipinski definition) is 0. The van der Waals surface area contributed by atoms with Gasteiger partial charge in [0.15, 0.2) is 0 Å². The minimum Gasteiger partial charge on any atom is -0.545 e. The van der Waals surface area contributed by atoms with E-state index in [0.717, 1.165) is 16.7 Å². The van der Waals surface area contributed by atoms with Gasteiger partial charge < -0.3 is 29.7 Å². The summed E-state index contributed by atoms with van der Waals surface area (Å²) in [6.45, 7) is 32.6. The minimum absolute atomic E-state index is 0. The van der Waals surface area contributed by atoms with Gasteiger partial charge in [-0.25, -0.2) is 0 Å². The Labute approximate surface area is 280 Å². The monoisotopic (exact) mass is 653 g/mol. The molecule has 6 nitrogen and oxygen atoms in total. The Hall–Kier alpha value is -5.75. The van der Waals surface area contributed by atoms with Crippen LogP contribution < -0.4 is 15.3 Å². The largest absolute Gasteiger partial charge is 3.00 e. The van der Waals surface area contributed by atoms with Gasteiger partial charge in [-0.05, 0) is 50.1 Å². The van der Waals surface area contributed by atoms with Gasteiger partial charge in [0.05, 0.1) is 17.9 Å². The minimum atomic E-state index is -1.22. The normalized spacial score (nSPS) is 9.13. The molecule has 1 radical (unpaired) electrons. The van der Waals surface area contributed by atoms with E-state index < -0.39 is 17.9 Å². The van der Waals surface area contributed by atoms with Crippen LogP contribution in [0.15, 0.2) is 95.6 Å². The summed E-state index contributed by atoms with van der Waals surface area (Å²) < 4.78 is 0. The average molecular weight is 654 g/mol. The van der Waals surface area contributed by atoms with Crippen LogP contribution in [0.25, 0.3) is 54.7 Å². The predicted molar refractivity (Wildman–Crippen MR) is 183 cm³/mol. The van der Waals surface area contributed by atoms with Gasteiger partial charge in [0.25, 0.3) is 0 Å². The molecule has 0 spiro atoms. The summed E-state index contributed by atoms with van der Waals surface area (Å²) in [4.78, 5) is 32.5. The van der Waals surface area contributed by atoms with Gasteiger partial charge in [-0.1, -0.05) is 150 Å². The van der Waals surface area contributed by atoms with Crippen LogP contribution in [-0.2, 0) is 17.1 Å². The van der Waals surface area contributed by atoms with Crippen LogP contribution in [0.5, 0.6) is 0 Å². The number of carbonyl (C=O) groups is 3. The standard InChI is InChI=1S/3C13H12O2.Fe/c3*1-4-9-7-8-12(13(14)15)11(6-3)10(9)5-2;/h3*4-8H,1-3H2,(H,14,15);/q;;;+3/p-3. The fourth-order valence-corrected chi connectivity index (χ4v) is 4.37. The molecule has 0 saturated carbocycles. The van der Waals surface area contributed by atoms with Crippen molar-refractivity contribution in [3.05, 3.63) is 162 Å². The molecule has 233 valence electrons. The Morgan fingerprint density at radius 1 is 0.370 bits per heavy atom. The van der Waals surface area contributed by atoms with Crippen molar-refractivity contribution in [2.45, 2.75) is 0 Å². The van der Waals surface area contributed by atoms with Crippen LogP contribution in [0.3, 0.4) is 0 Å². The summed E-state index contributed by atoms with van der Waals surface area (Å²) in [6.07, 6.45) is 14.1. The number of benzene rings is 3. The Morgan fingerprint density at radius 2 is 0.565 bits per heavy atom. The van der Waals surface area contributed by atoms with Crippen molar-refractivity contribution >= 4 is 72.6 Å². The van der Waals surface area contributed by atoms with Gasteiger partial charge in [0.1, 0.15) is 0 Å². The zero-order valence-electron chi connectivity index (χ0n) is 25.3. The molecular formula is C39H33FeO6. The molecule has 0 fully saturated rings. The number of carboxylic acid groups (broad SMARTS) is 3. The first kappa shape index (κ1) is 40.2. The number of carboxylic acids is 3. The summed E-state index contributed by atoms with van der Waals surface area (Å²) in [5, 5.41) is 32.5. The van der Waals surface area contributed by atoms with Crippen molar-refractivity contribution in [1.82, 2.24) is 0 Å². The Kier molecular flexibility index (Phi) is 17.1. The van der Waals surface area contributed by atoms with Gasteiger partial charge in [0, 0.05) is 16.7 Å². The maximum Gasteiger partial charge on any atom is 3.00 e. The average Bonchev–Trinajstić information content (AvgIpc) is 3.05. The second-order valence-electron chi connectivity index (χ2n) is 8.79. The van der Waals surface area contributed by atoms with E-state index in [0.29, 0.717) is 33.4 Å². The Morgan fingerprint density at radius 3 is 0.696 bits per heavy atom. The zero-order chi connectivity index (χ0) is 34.3. The topological polar surface area (TPSA) is 120 Å². The molecule has 3 aromatic carbocycles. The molecule has 0 aliphatic heterocycles. The summed E-state index contributed by atoms with van der Waals surface area (Å²) in [5.74, 6) is -3.66. The molecule has 46 heavy (non-hydrogen) atoms. The number of rotatable bonds is 12. The fraction of sp³-hybridized carbons (Fsp3) is 0. The SMILES string of the molecule is C=Cc1ccc(C(=O)[O-])c(C=C)c1C=C.C=Cc1ccc(C(=O)[O-])c(C=C)c1C=C.C=Cc1ccc(C(=O)[O-])c(C=C)c1C=C.[Fe+3]. The Balaban J connectivity index is 0.000000653. The second-order valence-corrected chi connectivity index (χ2v) is 8.79. The van der Waals surface area contributed by atoms with Crippen molar-refractivity contribution in [2.75, 3.05) is 0 Å². The van der Waals surface area contributed by atoms with Crippen molar-refractivity contribution in [3.63, 3.8) is 0 Å². The maximum atomic E-state index is 10.8. The first-order valence-electron chi connectivity index (χ1n) is 13.2. The fourth-order valence-electron chi connectivity index (χ4n) is 4.37. The quantitative estimate of drug-likeness (QED) is 0.224. The molecule has 0 N–H and O–H groups in total. The molecule has 0 atom stereocenters. The number of hydrogen-bond acceptors (Lipinski definition) is 6. The van der Waals surface area contributed by atoms with Crippen molar-refractivity contribution in [2.24, 2.45) is 0 Å². The molecule has 0 amide bonds. The van der Waals surface area contributed by atoms with Crippen molar-refractivity contribution < 1.29 is 46.8 Å². The van der Waals surface area contributed by atoms with E-state index in [2.05, 4.69) is 59.2 Å². The molecule has 0 bridgehead atoms. The van der Waals surface area contributed by atoms with Crippen LogP contribution in [-0.4, -0.2) is 17.9 Å². The predicted octanol–water partition coefficient (Wildman–Crippen LogP) is 5.93. The molecule has 0 heterocycles. The van der Waals surface area contributed by atoms with Crippen molar-refractivity contribution in [1.29, 1.82) is 0 Å². The summed E-state index contributed by atoms with van der Waals surface area (Å²) in [7, 11) is 0. The van der Waals surface area contributed by atoms with E-state index in [9.17, 15) is 29.7 Å². The Bertz CT molecular complexity index is 1540. The summed E-state index contributed by atoms with van der Waals surface area (Å²) >= 11 is 0. The number of carbonyl (C=O) groups excluding carboxylic acids is 3. The third-order valence-electron chi connectivity index (χ3n) is 6.51. The molecular weight excluding hydrogens is 620 g/mol. The molecule has 0 aliphatic carbocycles. The van der Waals surface area contributed by atoms with Gasteiger partial charge in [0.2, 0.25) is 0 Å². The van der Waals surface area contributed by atoms with E-state index in [1.807, 2.05) is 0 Å².